The molecule has 4 fully saturated rings. The highest BCUT2D eigenvalue weighted by molar-refractivity contribution is 6.01. The predicted molar refractivity (Wildman–Crippen MR) is 88.4 cm³/mol. The van der Waals surface area contributed by atoms with Crippen LogP contribution in [0.15, 0.2) is 23.3 Å². The molecule has 118 valence electrons. The zero-order valence-corrected chi connectivity index (χ0v) is 13.0. The number of hydrogen-bond acceptors (Lipinski definition) is 2. The Labute approximate surface area is 133 Å². The minimum atomic E-state index is 0.0373. The molecule has 0 amide bonds. The number of nitrogens with zero attached hydrogens (tertiary/aromatic N) is 2. The normalized spacial score (nSPS) is 35.6. The van der Waals surface area contributed by atoms with Crippen molar-refractivity contribution in [1.29, 1.82) is 0 Å². The average molecular weight is 308 g/mol. The van der Waals surface area contributed by atoms with Gasteiger partial charge in [-0.2, -0.15) is 0 Å². The summed E-state index contributed by atoms with van der Waals surface area (Å²) < 4.78 is 2.13. The van der Waals surface area contributed by atoms with Crippen LogP contribution in [0.3, 0.4) is 0 Å². The van der Waals surface area contributed by atoms with Crippen molar-refractivity contribution >= 4 is 22.1 Å². The maximum absolute atomic E-state index is 12.9. The van der Waals surface area contributed by atoms with Crippen molar-refractivity contribution in [3.63, 3.8) is 0 Å². The quantitative estimate of drug-likeness (QED) is 0.725. The van der Waals surface area contributed by atoms with E-state index in [9.17, 15) is 4.79 Å². The van der Waals surface area contributed by atoms with Crippen molar-refractivity contribution in [2.45, 2.75) is 44.1 Å². The van der Waals surface area contributed by atoms with Crippen LogP contribution in [0.25, 0.3) is 22.1 Å². The second-order valence-electron chi connectivity index (χ2n) is 8.17. The molecule has 23 heavy (non-hydrogen) atoms. The lowest BCUT2D eigenvalue weighted by atomic mass is 9.53. The fraction of sp³-hybridized carbons (Fsp3) is 0.556. The Kier molecular flexibility index (Phi) is 2.09. The van der Waals surface area contributed by atoms with Crippen molar-refractivity contribution in [2.75, 3.05) is 0 Å². The molecule has 4 bridgehead atoms. The van der Waals surface area contributed by atoms with Gasteiger partial charge < -0.3 is 9.97 Å². The lowest BCUT2D eigenvalue weighted by Crippen LogP contribution is -2.54. The summed E-state index contributed by atoms with van der Waals surface area (Å²) >= 11 is 0. The van der Waals surface area contributed by atoms with E-state index in [-0.39, 0.29) is 11.2 Å². The summed E-state index contributed by atoms with van der Waals surface area (Å²) in [6.45, 7) is 0. The number of pyridine rings is 1. The summed E-state index contributed by atoms with van der Waals surface area (Å²) in [5.41, 5.74) is 2.89. The molecule has 3 heterocycles. The maximum atomic E-state index is 12.9. The van der Waals surface area contributed by atoms with E-state index < -0.39 is 0 Å². The van der Waals surface area contributed by atoms with Gasteiger partial charge in [0.25, 0.3) is 0 Å². The molecule has 4 saturated carbocycles. The van der Waals surface area contributed by atoms with Gasteiger partial charge in [0.2, 0.25) is 0 Å². The fourth-order valence-electron chi connectivity index (χ4n) is 6.39. The van der Waals surface area contributed by atoms with Crippen molar-refractivity contribution in [2.24, 2.45) is 17.8 Å². The number of hydrogen-bond donors (Lipinski definition) is 2. The van der Waals surface area contributed by atoms with Gasteiger partial charge >= 0.3 is 5.69 Å². The van der Waals surface area contributed by atoms with Crippen molar-refractivity contribution in [1.82, 2.24) is 19.5 Å². The van der Waals surface area contributed by atoms with Gasteiger partial charge in [0.1, 0.15) is 5.65 Å². The Morgan fingerprint density at radius 2 is 1.83 bits per heavy atom. The van der Waals surface area contributed by atoms with Crippen LogP contribution in [0.5, 0.6) is 0 Å². The fourth-order valence-corrected chi connectivity index (χ4v) is 6.39. The topological polar surface area (TPSA) is 66.5 Å². The summed E-state index contributed by atoms with van der Waals surface area (Å²) in [4.78, 5) is 23.6. The molecule has 4 aliphatic rings. The molecule has 0 atom stereocenters. The molecule has 5 heteroatoms. The number of imidazole rings is 1. The van der Waals surface area contributed by atoms with Gasteiger partial charge in [0.05, 0.1) is 22.8 Å². The van der Waals surface area contributed by atoms with E-state index >= 15 is 0 Å². The van der Waals surface area contributed by atoms with Crippen molar-refractivity contribution in [3.8, 4) is 0 Å². The van der Waals surface area contributed by atoms with Gasteiger partial charge in [-0.05, 0) is 62.3 Å². The third-order valence-corrected chi connectivity index (χ3v) is 6.71. The highest BCUT2D eigenvalue weighted by Crippen LogP contribution is 2.59. The number of aromatic amines is 2. The van der Waals surface area contributed by atoms with Crippen molar-refractivity contribution in [3.05, 3.63) is 28.9 Å². The third-order valence-electron chi connectivity index (χ3n) is 6.71. The molecule has 3 aromatic heterocycles. The van der Waals surface area contributed by atoms with Crippen LogP contribution in [0.4, 0.5) is 0 Å². The van der Waals surface area contributed by atoms with Gasteiger partial charge in [-0.1, -0.05) is 0 Å². The minimum Gasteiger partial charge on any atom is -0.346 e. The first kappa shape index (κ1) is 12.4. The zero-order chi connectivity index (χ0) is 15.2. The largest absolute Gasteiger partial charge is 0.346 e. The highest BCUT2D eigenvalue weighted by Gasteiger charge is 2.53. The van der Waals surface area contributed by atoms with Crippen LogP contribution in [-0.4, -0.2) is 19.5 Å². The molecule has 7 rings (SSSR count). The van der Waals surface area contributed by atoms with E-state index in [0.29, 0.717) is 0 Å². The lowest BCUT2D eigenvalue weighted by Gasteiger charge is -2.57. The van der Waals surface area contributed by atoms with Gasteiger partial charge in [-0.15, -0.1) is 0 Å². The Hall–Kier alpha value is -2.04. The molecule has 3 aromatic rings. The summed E-state index contributed by atoms with van der Waals surface area (Å²) in [5, 5.41) is 1.07. The van der Waals surface area contributed by atoms with E-state index in [1.165, 1.54) is 38.5 Å². The molecule has 2 N–H and O–H groups in total. The minimum absolute atomic E-state index is 0.0373. The van der Waals surface area contributed by atoms with Gasteiger partial charge in [-0.3, -0.25) is 4.57 Å². The Bertz CT molecular complexity index is 956. The second-order valence-corrected chi connectivity index (χ2v) is 8.17. The Morgan fingerprint density at radius 3 is 2.52 bits per heavy atom. The summed E-state index contributed by atoms with van der Waals surface area (Å²) in [6.07, 6.45) is 11.4. The number of nitrogens with one attached hydrogen (secondary N) is 2. The number of H-pyrrole nitrogens is 2. The highest BCUT2D eigenvalue weighted by atomic mass is 16.1. The average Bonchev–Trinajstić information content (AvgIpc) is 3.08. The van der Waals surface area contributed by atoms with E-state index in [2.05, 4.69) is 25.6 Å². The third kappa shape index (κ3) is 1.48. The molecular weight excluding hydrogens is 288 g/mol. The summed E-state index contributed by atoms with van der Waals surface area (Å²) in [6, 6.07) is 2.05. The zero-order valence-electron chi connectivity index (χ0n) is 13.0. The first-order valence-electron chi connectivity index (χ1n) is 8.79. The van der Waals surface area contributed by atoms with E-state index in [1.54, 1.807) is 6.20 Å². The molecule has 0 aliphatic heterocycles. The molecule has 0 spiro atoms. The van der Waals surface area contributed by atoms with Crippen molar-refractivity contribution < 1.29 is 0 Å². The van der Waals surface area contributed by atoms with E-state index in [4.69, 9.17) is 0 Å². The molecule has 0 saturated heterocycles. The first-order valence-corrected chi connectivity index (χ1v) is 8.79. The number of rotatable bonds is 1. The van der Waals surface area contributed by atoms with Gasteiger partial charge in [0, 0.05) is 11.6 Å². The molecule has 0 aromatic carbocycles. The maximum Gasteiger partial charge on any atom is 0.327 e. The second kappa shape index (κ2) is 3.89. The van der Waals surface area contributed by atoms with Crippen LogP contribution >= 0.6 is 0 Å². The first-order chi connectivity index (χ1) is 11.2. The van der Waals surface area contributed by atoms with Crippen LogP contribution in [0, 0.1) is 17.8 Å². The standard InChI is InChI=1S/C18H20N4O/c23-17-21-14-9-20-16-13(1-2-19-16)15(14)22(17)18-6-10-3-11(7-18)5-12(4-10)8-18/h1-2,9-12H,3-8H2,(H,19,20)(H,21,23). The summed E-state index contributed by atoms with van der Waals surface area (Å²) in [5.74, 6) is 2.46. The van der Waals surface area contributed by atoms with Gasteiger partial charge in [0.15, 0.2) is 0 Å². The summed E-state index contributed by atoms with van der Waals surface area (Å²) in [7, 11) is 0. The Balaban J connectivity index is 1.69. The van der Waals surface area contributed by atoms with Gasteiger partial charge in [-0.25, -0.2) is 9.78 Å². The van der Waals surface area contributed by atoms with E-state index in [1.807, 2.05) is 6.20 Å². The SMILES string of the molecule is O=c1[nH]c2cnc3[nH]ccc3c2n1C12CC3CC(CC(C3)C1)C2. The van der Waals surface area contributed by atoms with E-state index in [0.717, 1.165) is 39.8 Å². The number of aromatic nitrogens is 4. The smallest absolute Gasteiger partial charge is 0.327 e. The lowest BCUT2D eigenvalue weighted by molar-refractivity contribution is -0.0424. The molecular formula is C18H20N4O. The van der Waals surface area contributed by atoms with Crippen LogP contribution in [0.2, 0.25) is 0 Å². The molecule has 0 unspecified atom stereocenters. The van der Waals surface area contributed by atoms with Crippen LogP contribution < -0.4 is 5.69 Å². The Morgan fingerprint density at radius 1 is 1.13 bits per heavy atom. The molecule has 5 nitrogen and oxygen atoms in total. The molecule has 0 radical (unpaired) electrons. The van der Waals surface area contributed by atoms with Crippen LogP contribution in [-0.2, 0) is 5.54 Å². The molecule has 4 aliphatic carbocycles. The number of fused-ring (bicyclic) bond motifs is 3. The predicted octanol–water partition coefficient (Wildman–Crippen LogP) is 3.13. The monoisotopic (exact) mass is 308 g/mol. The van der Waals surface area contributed by atoms with Crippen LogP contribution in [0.1, 0.15) is 38.5 Å².